The normalized spacial score (nSPS) is 13.0. The predicted molar refractivity (Wildman–Crippen MR) is 164 cm³/mol. The number of nitro groups is 1. The molecule has 0 amide bonds. The topological polar surface area (TPSA) is 128 Å². The van der Waals surface area contributed by atoms with Crippen molar-refractivity contribution in [1.29, 1.82) is 0 Å². The van der Waals surface area contributed by atoms with Crippen molar-refractivity contribution in [2.75, 3.05) is 57.7 Å². The lowest BCUT2D eigenvalue weighted by Crippen LogP contribution is -2.38. The zero-order chi connectivity index (χ0) is 29.3. The standard InChI is InChI=1S/C29H33N7O5.CH4/c1-18-12-25(34(4)11-10-33(2)3)26(36(38)39)13-23(18)31-29-30-14-21(28(37)41-19-16-40-17-19)27(32-29)22-15-35(5)24-9-7-6-8-20(22)24;/h6-9,12-15,19H,10-11,16-17H2,1-5H3,(H,30,31,32);1H4. The van der Waals surface area contributed by atoms with Gasteiger partial charge in [0.1, 0.15) is 17.4 Å². The predicted octanol–water partition coefficient (Wildman–Crippen LogP) is 4.79. The van der Waals surface area contributed by atoms with E-state index in [1.807, 2.05) is 79.9 Å². The third-order valence-corrected chi connectivity index (χ3v) is 7.10. The van der Waals surface area contributed by atoms with E-state index in [9.17, 15) is 14.9 Å². The Bertz CT molecular complexity index is 1610. The minimum atomic E-state index is -0.537. The number of para-hydroxylation sites is 1. The van der Waals surface area contributed by atoms with Crippen molar-refractivity contribution in [3.63, 3.8) is 0 Å². The van der Waals surface area contributed by atoms with Gasteiger partial charge in [-0.3, -0.25) is 10.1 Å². The van der Waals surface area contributed by atoms with Crippen LogP contribution >= 0.6 is 0 Å². The monoisotopic (exact) mass is 575 g/mol. The third kappa shape index (κ3) is 6.19. The largest absolute Gasteiger partial charge is 0.454 e. The third-order valence-electron chi connectivity index (χ3n) is 7.10. The Morgan fingerprint density at radius 2 is 1.95 bits per heavy atom. The Labute approximate surface area is 245 Å². The summed E-state index contributed by atoms with van der Waals surface area (Å²) >= 11 is 0. The summed E-state index contributed by atoms with van der Waals surface area (Å²) < 4.78 is 12.7. The summed E-state index contributed by atoms with van der Waals surface area (Å²) in [6, 6.07) is 11.1. The number of likely N-dealkylation sites (N-methyl/N-ethyl adjacent to an activating group) is 2. The number of nitrogens with zero attached hydrogens (tertiary/aromatic N) is 6. The van der Waals surface area contributed by atoms with E-state index in [0.717, 1.165) is 28.6 Å². The molecule has 0 bridgehead atoms. The molecule has 0 aliphatic carbocycles. The number of carbonyl (C=O) groups excluding carboxylic acids is 1. The first-order valence-corrected chi connectivity index (χ1v) is 13.2. The lowest BCUT2D eigenvalue weighted by atomic mass is 10.1. The van der Waals surface area contributed by atoms with Gasteiger partial charge in [0.15, 0.2) is 0 Å². The number of hydrogen-bond acceptors (Lipinski definition) is 10. The number of aryl methyl sites for hydroxylation is 2. The number of hydrogen-bond donors (Lipinski definition) is 1. The van der Waals surface area contributed by atoms with Crippen molar-refractivity contribution in [1.82, 2.24) is 19.4 Å². The summed E-state index contributed by atoms with van der Waals surface area (Å²) in [5.41, 5.74) is 4.11. The summed E-state index contributed by atoms with van der Waals surface area (Å²) in [7, 11) is 7.68. The van der Waals surface area contributed by atoms with E-state index in [1.165, 1.54) is 12.3 Å². The minimum absolute atomic E-state index is 0. The molecule has 1 saturated heterocycles. The molecule has 12 heteroatoms. The number of nitro benzene ring substituents is 1. The fourth-order valence-corrected chi connectivity index (χ4v) is 4.68. The summed E-state index contributed by atoms with van der Waals surface area (Å²) in [6.45, 7) is 3.96. The Morgan fingerprint density at radius 1 is 1.21 bits per heavy atom. The average Bonchev–Trinajstić information content (AvgIpc) is 3.26. The quantitative estimate of drug-likeness (QED) is 0.160. The SMILES string of the molecule is C.Cc1cc(N(C)CCN(C)C)c([N+](=O)[O-])cc1Nc1ncc(C(=O)OC2COC2)c(-c2cn(C)c3ccccc23)n1. The molecular weight excluding hydrogens is 538 g/mol. The summed E-state index contributed by atoms with van der Waals surface area (Å²) in [5, 5.41) is 16.1. The van der Waals surface area contributed by atoms with E-state index >= 15 is 0 Å². The van der Waals surface area contributed by atoms with Gasteiger partial charge in [-0.2, -0.15) is 0 Å². The van der Waals surface area contributed by atoms with E-state index in [1.54, 1.807) is 6.07 Å². The smallest absolute Gasteiger partial charge is 0.342 e. The van der Waals surface area contributed by atoms with Crippen LogP contribution in [0.5, 0.6) is 0 Å². The maximum Gasteiger partial charge on any atom is 0.342 e. The molecule has 3 heterocycles. The molecule has 2 aromatic carbocycles. The molecule has 0 unspecified atom stereocenters. The van der Waals surface area contributed by atoms with E-state index in [0.29, 0.717) is 36.8 Å². The number of fused-ring (bicyclic) bond motifs is 1. The Hall–Kier alpha value is -4.55. The van der Waals surface area contributed by atoms with E-state index in [4.69, 9.17) is 14.5 Å². The second-order valence-corrected chi connectivity index (χ2v) is 10.5. The van der Waals surface area contributed by atoms with Crippen molar-refractivity contribution in [3.8, 4) is 11.3 Å². The second-order valence-electron chi connectivity index (χ2n) is 10.5. The molecule has 0 spiro atoms. The lowest BCUT2D eigenvalue weighted by molar-refractivity contribution is -0.384. The molecule has 12 nitrogen and oxygen atoms in total. The van der Waals surface area contributed by atoms with E-state index in [2.05, 4.69) is 10.3 Å². The molecule has 1 aliphatic heterocycles. The van der Waals surface area contributed by atoms with Crippen LogP contribution in [0.15, 0.2) is 48.8 Å². The second kappa shape index (κ2) is 12.5. The summed E-state index contributed by atoms with van der Waals surface area (Å²) in [4.78, 5) is 37.8. The number of anilines is 3. The number of benzene rings is 2. The van der Waals surface area contributed by atoms with E-state index in [-0.39, 0.29) is 30.7 Å². The van der Waals surface area contributed by atoms with Gasteiger partial charge >= 0.3 is 5.97 Å². The van der Waals surface area contributed by atoms with Gasteiger partial charge in [-0.25, -0.2) is 14.8 Å². The van der Waals surface area contributed by atoms with Gasteiger partial charge in [-0.15, -0.1) is 0 Å². The first-order chi connectivity index (χ1) is 19.6. The van der Waals surface area contributed by atoms with Gasteiger partial charge in [0.2, 0.25) is 5.95 Å². The molecule has 2 aromatic heterocycles. The lowest BCUT2D eigenvalue weighted by Gasteiger charge is -2.25. The van der Waals surface area contributed by atoms with Gasteiger partial charge in [0.25, 0.3) is 5.69 Å². The molecule has 42 heavy (non-hydrogen) atoms. The number of carbonyl (C=O) groups is 1. The van der Waals surface area contributed by atoms with Crippen molar-refractivity contribution in [2.24, 2.45) is 7.05 Å². The Kier molecular flexibility index (Phi) is 9.08. The van der Waals surface area contributed by atoms with Gasteiger partial charge in [-0.1, -0.05) is 25.6 Å². The molecular formula is C30H37N7O5. The molecule has 222 valence electrons. The van der Waals surface area contributed by atoms with Gasteiger partial charge in [0.05, 0.1) is 29.5 Å². The Morgan fingerprint density at radius 3 is 2.62 bits per heavy atom. The first kappa shape index (κ1) is 30.4. The van der Waals surface area contributed by atoms with Crippen molar-refractivity contribution < 1.29 is 19.2 Å². The number of rotatable bonds is 10. The molecule has 1 fully saturated rings. The van der Waals surface area contributed by atoms with Crippen LogP contribution in [0.3, 0.4) is 0 Å². The molecule has 0 saturated carbocycles. The van der Waals surface area contributed by atoms with Crippen LogP contribution in [0.25, 0.3) is 22.2 Å². The number of ether oxygens (including phenoxy) is 2. The highest BCUT2D eigenvalue weighted by molar-refractivity contribution is 6.03. The molecule has 4 aromatic rings. The Balaban J connectivity index is 0.00000405. The van der Waals surface area contributed by atoms with Crippen LogP contribution in [0.4, 0.5) is 23.0 Å². The molecule has 1 aliphatic rings. The van der Waals surface area contributed by atoms with Crippen molar-refractivity contribution in [2.45, 2.75) is 20.5 Å². The van der Waals surface area contributed by atoms with Crippen LogP contribution in [-0.4, -0.2) is 83.9 Å². The zero-order valence-electron chi connectivity index (χ0n) is 23.7. The highest BCUT2D eigenvalue weighted by Gasteiger charge is 2.27. The average molecular weight is 576 g/mol. The highest BCUT2D eigenvalue weighted by atomic mass is 16.6. The highest BCUT2D eigenvalue weighted by Crippen LogP contribution is 2.36. The first-order valence-electron chi connectivity index (χ1n) is 13.2. The maximum atomic E-state index is 13.2. The van der Waals surface area contributed by atoms with Crippen LogP contribution in [0.1, 0.15) is 23.3 Å². The van der Waals surface area contributed by atoms with Crippen molar-refractivity contribution >= 4 is 39.9 Å². The molecule has 5 rings (SSSR count). The molecule has 0 atom stereocenters. The number of nitrogens with one attached hydrogen (secondary N) is 1. The van der Waals surface area contributed by atoms with Gasteiger partial charge in [-0.05, 0) is 38.7 Å². The van der Waals surface area contributed by atoms with Gasteiger partial charge < -0.3 is 29.2 Å². The van der Waals surface area contributed by atoms with Crippen LogP contribution in [0, 0.1) is 17.0 Å². The maximum absolute atomic E-state index is 13.2. The zero-order valence-corrected chi connectivity index (χ0v) is 23.7. The molecule has 0 radical (unpaired) electrons. The van der Waals surface area contributed by atoms with Crippen molar-refractivity contribution in [3.05, 3.63) is 70.0 Å². The molecule has 1 N–H and O–H groups in total. The van der Waals surface area contributed by atoms with Crippen LogP contribution in [0.2, 0.25) is 0 Å². The van der Waals surface area contributed by atoms with E-state index < -0.39 is 10.9 Å². The summed E-state index contributed by atoms with van der Waals surface area (Å²) in [5.74, 6) is -0.340. The fourth-order valence-electron chi connectivity index (χ4n) is 4.68. The number of esters is 1. The summed E-state index contributed by atoms with van der Waals surface area (Å²) in [6.07, 6.45) is 3.04. The van der Waals surface area contributed by atoms with Gasteiger partial charge in [0, 0.05) is 62.1 Å². The fraction of sp³-hybridized carbons (Fsp3) is 0.367. The van der Waals surface area contributed by atoms with Crippen LogP contribution in [-0.2, 0) is 16.5 Å². The minimum Gasteiger partial charge on any atom is -0.454 e. The van der Waals surface area contributed by atoms with Crippen LogP contribution < -0.4 is 10.2 Å². The number of aromatic nitrogens is 3.